The van der Waals surface area contributed by atoms with Gasteiger partial charge in [0.1, 0.15) is 0 Å². The van der Waals surface area contributed by atoms with E-state index >= 15 is 0 Å². The van der Waals surface area contributed by atoms with Gasteiger partial charge < -0.3 is 0 Å². The van der Waals surface area contributed by atoms with E-state index in [0.717, 1.165) is 12.0 Å². The second kappa shape index (κ2) is 6.16. The van der Waals surface area contributed by atoms with Crippen molar-refractivity contribution in [2.24, 2.45) is 0 Å². The summed E-state index contributed by atoms with van der Waals surface area (Å²) in [4.78, 5) is 0.161. The maximum Gasteiger partial charge on any atom is 0.261 e. The van der Waals surface area contributed by atoms with E-state index in [0.29, 0.717) is 15.2 Å². The summed E-state index contributed by atoms with van der Waals surface area (Å²) in [7, 11) is -3.61. The normalized spacial score (nSPS) is 11.3. The van der Waals surface area contributed by atoms with Crippen molar-refractivity contribution in [2.75, 3.05) is 4.72 Å². The molecule has 6 heteroatoms. The van der Waals surface area contributed by atoms with Crippen LogP contribution >= 0.6 is 27.5 Å². The summed E-state index contributed by atoms with van der Waals surface area (Å²) in [5.74, 6) is 0. The van der Waals surface area contributed by atoms with Crippen molar-refractivity contribution in [3.8, 4) is 0 Å². The Labute approximate surface area is 132 Å². The van der Waals surface area contributed by atoms with Crippen molar-refractivity contribution in [3.05, 3.63) is 57.5 Å². The van der Waals surface area contributed by atoms with Gasteiger partial charge in [0.05, 0.1) is 9.92 Å². The van der Waals surface area contributed by atoms with Crippen molar-refractivity contribution in [2.45, 2.75) is 18.2 Å². The van der Waals surface area contributed by atoms with Gasteiger partial charge >= 0.3 is 0 Å². The molecule has 20 heavy (non-hydrogen) atoms. The van der Waals surface area contributed by atoms with E-state index in [1.165, 1.54) is 12.1 Å². The monoisotopic (exact) mass is 373 g/mol. The first-order chi connectivity index (χ1) is 9.42. The molecule has 0 saturated heterocycles. The largest absolute Gasteiger partial charge is 0.280 e. The van der Waals surface area contributed by atoms with Gasteiger partial charge in [0.15, 0.2) is 0 Å². The van der Waals surface area contributed by atoms with Gasteiger partial charge in [0.25, 0.3) is 10.0 Å². The number of aryl methyl sites for hydroxylation is 1. The summed E-state index contributed by atoms with van der Waals surface area (Å²) in [6.07, 6.45) is 0.914. The predicted octanol–water partition coefficient (Wildman–Crippen LogP) is 4.47. The van der Waals surface area contributed by atoms with Crippen molar-refractivity contribution in [1.82, 2.24) is 0 Å². The highest BCUT2D eigenvalue weighted by molar-refractivity contribution is 9.10. The molecule has 0 heterocycles. The maximum atomic E-state index is 12.2. The van der Waals surface area contributed by atoms with E-state index in [1.54, 1.807) is 18.2 Å². The van der Waals surface area contributed by atoms with E-state index < -0.39 is 10.0 Å². The lowest BCUT2D eigenvalue weighted by Crippen LogP contribution is -2.12. The number of halogens is 2. The number of rotatable bonds is 4. The van der Waals surface area contributed by atoms with Crippen LogP contribution in [0.3, 0.4) is 0 Å². The molecular formula is C14H13BrClNO2S. The van der Waals surface area contributed by atoms with Crippen molar-refractivity contribution < 1.29 is 8.42 Å². The summed E-state index contributed by atoms with van der Waals surface area (Å²) < 4.78 is 27.6. The SMILES string of the molecule is CCc1ccc(NS(=O)(=O)c2ccc(Cl)c(Br)c2)cc1. The molecule has 1 N–H and O–H groups in total. The van der Waals surface area contributed by atoms with E-state index in [2.05, 4.69) is 20.7 Å². The molecule has 0 saturated carbocycles. The third kappa shape index (κ3) is 3.53. The minimum Gasteiger partial charge on any atom is -0.280 e. The van der Waals surface area contributed by atoms with Crippen LogP contribution in [0, 0.1) is 0 Å². The standard InChI is InChI=1S/C14H13BrClNO2S/c1-2-10-3-5-11(6-4-10)17-20(18,19)12-7-8-14(16)13(15)9-12/h3-9,17H,2H2,1H3. The van der Waals surface area contributed by atoms with Crippen LogP contribution < -0.4 is 4.72 Å². The van der Waals surface area contributed by atoms with Crippen molar-refractivity contribution in [3.63, 3.8) is 0 Å². The Morgan fingerprint density at radius 2 is 1.80 bits per heavy atom. The summed E-state index contributed by atoms with van der Waals surface area (Å²) >= 11 is 9.08. The molecule has 2 aromatic carbocycles. The first kappa shape index (κ1) is 15.4. The molecule has 2 rings (SSSR count). The molecule has 106 valence electrons. The van der Waals surface area contributed by atoms with E-state index in [9.17, 15) is 8.42 Å². The van der Waals surface area contributed by atoms with Crippen molar-refractivity contribution >= 4 is 43.2 Å². The molecule has 3 nitrogen and oxygen atoms in total. The Kier molecular flexibility index (Phi) is 4.73. The number of nitrogens with one attached hydrogen (secondary N) is 1. The Bertz CT molecular complexity index is 714. The quantitative estimate of drug-likeness (QED) is 0.858. The smallest absolute Gasteiger partial charge is 0.261 e. The fraction of sp³-hybridized carbons (Fsp3) is 0.143. The van der Waals surface area contributed by atoms with Gasteiger partial charge in [0.2, 0.25) is 0 Å². The van der Waals surface area contributed by atoms with Gasteiger partial charge in [0, 0.05) is 10.2 Å². The lowest BCUT2D eigenvalue weighted by molar-refractivity contribution is 0.601. The predicted molar refractivity (Wildman–Crippen MR) is 85.8 cm³/mol. The molecule has 0 fully saturated rings. The highest BCUT2D eigenvalue weighted by Crippen LogP contribution is 2.26. The minimum atomic E-state index is -3.61. The van der Waals surface area contributed by atoms with Crippen molar-refractivity contribution in [1.29, 1.82) is 0 Å². The Hall–Kier alpha value is -1.04. The van der Waals surface area contributed by atoms with Gasteiger partial charge in [-0.3, -0.25) is 4.72 Å². The van der Waals surface area contributed by atoms with E-state index in [4.69, 9.17) is 11.6 Å². The number of hydrogen-bond acceptors (Lipinski definition) is 2. The zero-order valence-electron chi connectivity index (χ0n) is 10.7. The molecule has 0 aliphatic carbocycles. The van der Waals surface area contributed by atoms with Crippen LogP contribution in [0.1, 0.15) is 12.5 Å². The average molecular weight is 375 g/mol. The topological polar surface area (TPSA) is 46.2 Å². The van der Waals surface area contributed by atoms with Gasteiger partial charge in [-0.1, -0.05) is 30.7 Å². The number of hydrogen-bond donors (Lipinski definition) is 1. The molecule has 0 atom stereocenters. The van der Waals surface area contributed by atoms with Crippen LogP contribution in [-0.4, -0.2) is 8.42 Å². The van der Waals surface area contributed by atoms with Gasteiger partial charge in [-0.05, 0) is 58.2 Å². The zero-order chi connectivity index (χ0) is 14.8. The molecule has 0 bridgehead atoms. The molecule has 0 spiro atoms. The zero-order valence-corrected chi connectivity index (χ0v) is 13.9. The van der Waals surface area contributed by atoms with Gasteiger partial charge in [-0.2, -0.15) is 0 Å². The molecular weight excluding hydrogens is 362 g/mol. The fourth-order valence-electron chi connectivity index (χ4n) is 1.67. The van der Waals surface area contributed by atoms with Gasteiger partial charge in [-0.25, -0.2) is 8.42 Å². The minimum absolute atomic E-state index is 0.161. The molecule has 2 aromatic rings. The summed E-state index contributed by atoms with van der Waals surface area (Å²) in [5.41, 5.74) is 1.69. The van der Waals surface area contributed by atoms with Crippen LogP contribution in [0.15, 0.2) is 51.8 Å². The molecule has 0 aromatic heterocycles. The second-order valence-electron chi connectivity index (χ2n) is 4.23. The molecule has 0 radical (unpaired) electrons. The van der Waals surface area contributed by atoms with Crippen LogP contribution in [0.5, 0.6) is 0 Å². The number of anilines is 1. The summed E-state index contributed by atoms with van der Waals surface area (Å²) in [6, 6.07) is 11.8. The molecule has 0 aliphatic heterocycles. The fourth-order valence-corrected chi connectivity index (χ4v) is 3.40. The Morgan fingerprint density at radius 3 is 2.35 bits per heavy atom. The third-order valence-electron chi connectivity index (χ3n) is 2.82. The van der Waals surface area contributed by atoms with E-state index in [1.807, 2.05) is 19.1 Å². The Balaban J connectivity index is 2.27. The highest BCUT2D eigenvalue weighted by Gasteiger charge is 2.15. The van der Waals surface area contributed by atoms with Crippen LogP contribution in [0.2, 0.25) is 5.02 Å². The first-order valence-electron chi connectivity index (χ1n) is 5.99. The summed E-state index contributed by atoms with van der Waals surface area (Å²) in [5, 5.41) is 0.469. The average Bonchev–Trinajstić information content (AvgIpc) is 2.42. The lowest BCUT2D eigenvalue weighted by Gasteiger charge is -2.09. The van der Waals surface area contributed by atoms with Crippen LogP contribution in [0.25, 0.3) is 0 Å². The Morgan fingerprint density at radius 1 is 1.15 bits per heavy atom. The highest BCUT2D eigenvalue weighted by atomic mass is 79.9. The van der Waals surface area contributed by atoms with E-state index in [-0.39, 0.29) is 4.90 Å². The maximum absolute atomic E-state index is 12.2. The molecule has 0 aliphatic rings. The van der Waals surface area contributed by atoms with Gasteiger partial charge in [-0.15, -0.1) is 0 Å². The molecule has 0 amide bonds. The first-order valence-corrected chi connectivity index (χ1v) is 8.64. The summed E-state index contributed by atoms with van der Waals surface area (Å²) in [6.45, 7) is 2.05. The molecule has 0 unspecified atom stereocenters. The third-order valence-corrected chi connectivity index (χ3v) is 5.41. The number of benzene rings is 2. The van der Waals surface area contributed by atoms with Crippen LogP contribution in [-0.2, 0) is 16.4 Å². The second-order valence-corrected chi connectivity index (χ2v) is 7.18. The lowest BCUT2D eigenvalue weighted by atomic mass is 10.2. The number of sulfonamides is 1. The van der Waals surface area contributed by atoms with Crippen LogP contribution in [0.4, 0.5) is 5.69 Å².